The molecule has 0 fully saturated rings. The zero-order chi connectivity index (χ0) is 16.4. The Morgan fingerprint density at radius 1 is 1.04 bits per heavy atom. The Morgan fingerprint density at radius 3 is 2.30 bits per heavy atom. The van der Waals surface area contributed by atoms with Gasteiger partial charge < -0.3 is 4.90 Å². The van der Waals surface area contributed by atoms with E-state index in [1.165, 1.54) is 0 Å². The Labute approximate surface area is 144 Å². The predicted molar refractivity (Wildman–Crippen MR) is 97.5 cm³/mol. The summed E-state index contributed by atoms with van der Waals surface area (Å²) in [6.07, 6.45) is 0. The first-order chi connectivity index (χ1) is 11.0. The molecule has 0 aliphatic carbocycles. The van der Waals surface area contributed by atoms with Gasteiger partial charge in [0, 0.05) is 37.4 Å². The summed E-state index contributed by atoms with van der Waals surface area (Å²) in [5.41, 5.74) is 3.11. The molecular formula is C17H17ClN4S. The monoisotopic (exact) mass is 344 g/mol. The topological polar surface area (TPSA) is 33.4 Å². The van der Waals surface area contributed by atoms with E-state index in [0.29, 0.717) is 0 Å². The summed E-state index contributed by atoms with van der Waals surface area (Å²) in [7, 11) is 5.95. The molecule has 118 valence electrons. The van der Waals surface area contributed by atoms with Crippen LogP contribution in [0.25, 0.3) is 10.6 Å². The highest BCUT2D eigenvalue weighted by Gasteiger charge is 2.05. The molecule has 1 aromatic heterocycles. The molecule has 0 bridgehead atoms. The van der Waals surface area contributed by atoms with Crippen LogP contribution in [-0.4, -0.2) is 23.9 Å². The van der Waals surface area contributed by atoms with Crippen LogP contribution < -0.4 is 9.70 Å². The van der Waals surface area contributed by atoms with Crippen molar-refractivity contribution in [1.82, 2.24) is 9.78 Å². The third kappa shape index (κ3) is 3.63. The van der Waals surface area contributed by atoms with E-state index in [-0.39, 0.29) is 0 Å². The zero-order valence-corrected chi connectivity index (χ0v) is 14.8. The van der Waals surface area contributed by atoms with Gasteiger partial charge in [0.15, 0.2) is 0 Å². The molecule has 3 rings (SSSR count). The SMILES string of the molecule is CN(C)c1ccc(N=c2sc(-c3ccc(Cl)cc3)nn2C)cc1. The van der Waals surface area contributed by atoms with E-state index in [1.54, 1.807) is 16.0 Å². The molecule has 0 aliphatic rings. The number of hydrogen-bond acceptors (Lipinski definition) is 4. The average Bonchev–Trinajstić information content (AvgIpc) is 2.89. The summed E-state index contributed by atoms with van der Waals surface area (Å²) in [6.45, 7) is 0. The number of hydrogen-bond donors (Lipinski definition) is 0. The summed E-state index contributed by atoms with van der Waals surface area (Å²) < 4.78 is 1.80. The second-order valence-electron chi connectivity index (χ2n) is 5.34. The summed E-state index contributed by atoms with van der Waals surface area (Å²) >= 11 is 7.49. The van der Waals surface area contributed by atoms with Crippen molar-refractivity contribution in [3.63, 3.8) is 0 Å². The largest absolute Gasteiger partial charge is 0.378 e. The number of anilines is 1. The van der Waals surface area contributed by atoms with Crippen molar-refractivity contribution >= 4 is 34.3 Å². The number of aryl methyl sites for hydroxylation is 1. The standard InChI is InChI=1S/C17H17ClN4S/c1-21(2)15-10-8-14(9-11-15)19-17-22(3)20-16(23-17)12-4-6-13(18)7-5-12/h4-11H,1-3H3. The van der Waals surface area contributed by atoms with Gasteiger partial charge in [0.1, 0.15) is 5.01 Å². The quantitative estimate of drug-likeness (QED) is 0.716. The Morgan fingerprint density at radius 2 is 1.70 bits per heavy atom. The molecule has 0 radical (unpaired) electrons. The minimum Gasteiger partial charge on any atom is -0.378 e. The Bertz CT molecular complexity index is 861. The van der Waals surface area contributed by atoms with Crippen LogP contribution in [0, 0.1) is 0 Å². The van der Waals surface area contributed by atoms with E-state index in [0.717, 1.165) is 31.8 Å². The Hall–Kier alpha value is -2.11. The van der Waals surface area contributed by atoms with Crippen LogP contribution >= 0.6 is 22.9 Å². The number of nitrogens with zero attached hydrogens (tertiary/aromatic N) is 4. The molecule has 0 amide bonds. The van der Waals surface area contributed by atoms with Crippen molar-refractivity contribution in [2.24, 2.45) is 12.0 Å². The molecular weight excluding hydrogens is 328 g/mol. The lowest BCUT2D eigenvalue weighted by molar-refractivity contribution is 0.732. The van der Waals surface area contributed by atoms with Gasteiger partial charge >= 0.3 is 0 Å². The first kappa shape index (κ1) is 15.8. The van der Waals surface area contributed by atoms with Crippen molar-refractivity contribution in [1.29, 1.82) is 0 Å². The van der Waals surface area contributed by atoms with Gasteiger partial charge in [-0.15, -0.1) is 0 Å². The molecule has 4 nitrogen and oxygen atoms in total. The van der Waals surface area contributed by atoms with Crippen molar-refractivity contribution in [3.8, 4) is 10.6 Å². The number of rotatable bonds is 3. The van der Waals surface area contributed by atoms with Crippen molar-refractivity contribution in [2.75, 3.05) is 19.0 Å². The van der Waals surface area contributed by atoms with Crippen LogP contribution in [0.2, 0.25) is 5.02 Å². The van der Waals surface area contributed by atoms with Crippen LogP contribution in [0.1, 0.15) is 0 Å². The normalized spacial score (nSPS) is 11.7. The van der Waals surface area contributed by atoms with Gasteiger partial charge in [0.05, 0.1) is 5.69 Å². The van der Waals surface area contributed by atoms with E-state index in [4.69, 9.17) is 11.6 Å². The first-order valence-electron chi connectivity index (χ1n) is 7.15. The van der Waals surface area contributed by atoms with Crippen molar-refractivity contribution < 1.29 is 0 Å². The van der Waals surface area contributed by atoms with Gasteiger partial charge in [-0.25, -0.2) is 9.67 Å². The molecule has 2 aromatic carbocycles. The number of halogens is 1. The molecule has 3 aromatic rings. The molecule has 0 unspecified atom stereocenters. The van der Waals surface area contributed by atoms with E-state index < -0.39 is 0 Å². The minimum absolute atomic E-state index is 0.723. The van der Waals surface area contributed by atoms with E-state index in [2.05, 4.69) is 27.1 Å². The average molecular weight is 345 g/mol. The summed E-state index contributed by atoms with van der Waals surface area (Å²) in [4.78, 5) is 7.60. The molecule has 0 saturated heterocycles. The van der Waals surface area contributed by atoms with E-state index in [9.17, 15) is 0 Å². The third-order valence-corrected chi connectivity index (χ3v) is 4.69. The zero-order valence-electron chi connectivity index (χ0n) is 13.2. The fourth-order valence-corrected chi connectivity index (χ4v) is 3.13. The van der Waals surface area contributed by atoms with E-state index >= 15 is 0 Å². The maximum Gasteiger partial charge on any atom is 0.208 e. The lowest BCUT2D eigenvalue weighted by atomic mass is 10.2. The molecule has 6 heteroatoms. The highest BCUT2D eigenvalue weighted by Crippen LogP contribution is 2.22. The smallest absolute Gasteiger partial charge is 0.208 e. The molecule has 0 atom stereocenters. The van der Waals surface area contributed by atoms with Crippen LogP contribution in [0.5, 0.6) is 0 Å². The predicted octanol–water partition coefficient (Wildman–Crippen LogP) is 4.10. The van der Waals surface area contributed by atoms with Gasteiger partial charge in [-0.1, -0.05) is 35.1 Å². The highest BCUT2D eigenvalue weighted by molar-refractivity contribution is 7.12. The Kier molecular flexibility index (Phi) is 4.50. The maximum atomic E-state index is 5.93. The van der Waals surface area contributed by atoms with Crippen LogP contribution in [0.4, 0.5) is 11.4 Å². The molecule has 1 heterocycles. The maximum absolute atomic E-state index is 5.93. The fraction of sp³-hybridized carbons (Fsp3) is 0.176. The highest BCUT2D eigenvalue weighted by atomic mass is 35.5. The number of aromatic nitrogens is 2. The van der Waals surface area contributed by atoms with Gasteiger partial charge in [0.2, 0.25) is 4.80 Å². The van der Waals surface area contributed by atoms with Gasteiger partial charge in [-0.3, -0.25) is 0 Å². The third-order valence-electron chi connectivity index (χ3n) is 3.39. The second kappa shape index (κ2) is 6.56. The van der Waals surface area contributed by atoms with E-state index in [1.807, 2.05) is 57.5 Å². The van der Waals surface area contributed by atoms with Gasteiger partial charge in [-0.2, -0.15) is 5.10 Å². The number of benzene rings is 2. The minimum atomic E-state index is 0.723. The lowest BCUT2D eigenvalue weighted by Gasteiger charge is -2.11. The second-order valence-corrected chi connectivity index (χ2v) is 6.74. The molecule has 23 heavy (non-hydrogen) atoms. The summed E-state index contributed by atoms with van der Waals surface area (Å²) in [5, 5.41) is 6.19. The molecule has 0 aliphatic heterocycles. The molecule has 0 N–H and O–H groups in total. The van der Waals surface area contributed by atoms with Crippen LogP contribution in [0.3, 0.4) is 0 Å². The Balaban J connectivity index is 1.95. The van der Waals surface area contributed by atoms with Crippen molar-refractivity contribution in [3.05, 3.63) is 58.4 Å². The van der Waals surface area contributed by atoms with Crippen LogP contribution in [-0.2, 0) is 7.05 Å². The van der Waals surface area contributed by atoms with Gasteiger partial charge in [-0.05, 0) is 36.4 Å². The van der Waals surface area contributed by atoms with Gasteiger partial charge in [0.25, 0.3) is 0 Å². The summed E-state index contributed by atoms with van der Waals surface area (Å²) in [5.74, 6) is 0. The van der Waals surface area contributed by atoms with Crippen molar-refractivity contribution in [2.45, 2.75) is 0 Å². The fourth-order valence-electron chi connectivity index (χ4n) is 2.09. The summed E-state index contributed by atoms with van der Waals surface area (Å²) in [6, 6.07) is 15.8. The molecule has 0 saturated carbocycles. The first-order valence-corrected chi connectivity index (χ1v) is 8.34. The van der Waals surface area contributed by atoms with Crippen LogP contribution in [0.15, 0.2) is 53.5 Å². The molecule has 0 spiro atoms. The lowest BCUT2D eigenvalue weighted by Crippen LogP contribution is -2.11.